The Morgan fingerprint density at radius 1 is 1.25 bits per heavy atom. The Bertz CT molecular complexity index is 319. The first-order valence-electron chi connectivity index (χ1n) is 7.84. The number of carbonyl (C=O) groups is 1. The Morgan fingerprint density at radius 3 is 2.70 bits per heavy atom. The van der Waals surface area contributed by atoms with E-state index in [2.05, 4.69) is 34.7 Å². The molecule has 20 heavy (non-hydrogen) atoms. The third-order valence-electron chi connectivity index (χ3n) is 4.21. The molecule has 0 N–H and O–H groups in total. The van der Waals surface area contributed by atoms with Crippen molar-refractivity contribution in [2.75, 3.05) is 39.3 Å². The maximum atomic E-state index is 12.4. The summed E-state index contributed by atoms with van der Waals surface area (Å²) < 4.78 is 5.71. The molecule has 0 bridgehead atoms. The number of halogens is 1. The molecule has 0 aromatic heterocycles. The van der Waals surface area contributed by atoms with Crippen LogP contribution in [0.3, 0.4) is 0 Å². The number of carbonyl (C=O) groups excluding carboxylic acids is 1. The Labute approximate surface area is 130 Å². The van der Waals surface area contributed by atoms with Gasteiger partial charge in [-0.25, -0.2) is 0 Å². The molecule has 2 unspecified atom stereocenters. The number of amides is 1. The first-order chi connectivity index (χ1) is 9.58. The van der Waals surface area contributed by atoms with Gasteiger partial charge < -0.3 is 9.64 Å². The van der Waals surface area contributed by atoms with E-state index in [1.807, 2.05) is 4.90 Å². The third kappa shape index (κ3) is 4.43. The molecule has 5 heteroatoms. The summed E-state index contributed by atoms with van der Waals surface area (Å²) in [6.45, 7) is 9.90. The highest BCUT2D eigenvalue weighted by Crippen LogP contribution is 2.18. The Kier molecular flexibility index (Phi) is 6.30. The lowest BCUT2D eigenvalue weighted by Crippen LogP contribution is -2.41. The number of rotatable bonds is 4. The van der Waals surface area contributed by atoms with Gasteiger partial charge in [0.1, 0.15) is 0 Å². The largest absolute Gasteiger partial charge is 0.377 e. The molecule has 4 nitrogen and oxygen atoms in total. The summed E-state index contributed by atoms with van der Waals surface area (Å²) in [5.41, 5.74) is 0. The standard InChI is InChI=1S/C15H27BrN2O2/c1-12(2)14(16)15(19)18-7-4-6-17(8-9-18)11-13-5-3-10-20-13/h12-14H,3-11H2,1-2H3. The van der Waals surface area contributed by atoms with Gasteiger partial charge in [0.05, 0.1) is 10.9 Å². The van der Waals surface area contributed by atoms with Crippen molar-refractivity contribution in [2.24, 2.45) is 5.92 Å². The van der Waals surface area contributed by atoms with E-state index in [0.717, 1.165) is 45.8 Å². The zero-order valence-corrected chi connectivity index (χ0v) is 14.3. The van der Waals surface area contributed by atoms with E-state index in [9.17, 15) is 4.79 Å². The topological polar surface area (TPSA) is 32.8 Å². The first kappa shape index (κ1) is 16.2. The van der Waals surface area contributed by atoms with Crippen LogP contribution in [0.1, 0.15) is 33.1 Å². The van der Waals surface area contributed by atoms with E-state index in [1.54, 1.807) is 0 Å². The molecule has 2 aliphatic rings. The van der Waals surface area contributed by atoms with Gasteiger partial charge in [0.25, 0.3) is 0 Å². The lowest BCUT2D eigenvalue weighted by molar-refractivity contribution is -0.131. The lowest BCUT2D eigenvalue weighted by atomic mass is 10.1. The average molecular weight is 347 g/mol. The minimum Gasteiger partial charge on any atom is -0.377 e. The van der Waals surface area contributed by atoms with E-state index in [4.69, 9.17) is 4.74 Å². The van der Waals surface area contributed by atoms with Gasteiger partial charge in [-0.1, -0.05) is 29.8 Å². The number of ether oxygens (including phenoxy) is 1. The molecular formula is C15H27BrN2O2. The van der Waals surface area contributed by atoms with Crippen LogP contribution in [0, 0.1) is 5.92 Å². The number of hydrogen-bond acceptors (Lipinski definition) is 3. The quantitative estimate of drug-likeness (QED) is 0.731. The molecule has 116 valence electrons. The number of nitrogens with zero attached hydrogens (tertiary/aromatic N) is 2. The van der Waals surface area contributed by atoms with Gasteiger partial charge in [-0.15, -0.1) is 0 Å². The fourth-order valence-electron chi connectivity index (χ4n) is 2.91. The van der Waals surface area contributed by atoms with Crippen molar-refractivity contribution in [3.8, 4) is 0 Å². The summed E-state index contributed by atoms with van der Waals surface area (Å²) in [7, 11) is 0. The van der Waals surface area contributed by atoms with Crippen LogP contribution in [0.4, 0.5) is 0 Å². The molecule has 0 aliphatic carbocycles. The summed E-state index contributed by atoms with van der Waals surface area (Å²) in [6, 6.07) is 0. The Hall–Kier alpha value is -0.130. The summed E-state index contributed by atoms with van der Waals surface area (Å²) in [5.74, 6) is 0.590. The van der Waals surface area contributed by atoms with Crippen LogP contribution >= 0.6 is 15.9 Å². The summed E-state index contributed by atoms with van der Waals surface area (Å²) in [6.07, 6.45) is 3.87. The minimum absolute atomic E-state index is 0.0489. The van der Waals surface area contributed by atoms with Crippen molar-refractivity contribution < 1.29 is 9.53 Å². The average Bonchev–Trinajstić information content (AvgIpc) is 2.82. The van der Waals surface area contributed by atoms with Crippen LogP contribution in [-0.2, 0) is 9.53 Å². The molecule has 1 amide bonds. The van der Waals surface area contributed by atoms with Crippen LogP contribution in [0.25, 0.3) is 0 Å². The van der Waals surface area contributed by atoms with Gasteiger partial charge in [0, 0.05) is 32.8 Å². The maximum absolute atomic E-state index is 12.4. The van der Waals surface area contributed by atoms with Crippen molar-refractivity contribution in [1.82, 2.24) is 9.80 Å². The van der Waals surface area contributed by atoms with Crippen LogP contribution in [-0.4, -0.2) is 66.0 Å². The van der Waals surface area contributed by atoms with Crippen LogP contribution in [0.5, 0.6) is 0 Å². The van der Waals surface area contributed by atoms with Crippen molar-refractivity contribution in [3.05, 3.63) is 0 Å². The van der Waals surface area contributed by atoms with Gasteiger partial charge >= 0.3 is 0 Å². The Morgan fingerprint density at radius 2 is 2.05 bits per heavy atom. The van der Waals surface area contributed by atoms with Crippen LogP contribution < -0.4 is 0 Å². The summed E-state index contributed by atoms with van der Waals surface area (Å²) >= 11 is 3.53. The predicted octanol–water partition coefficient (Wildman–Crippen LogP) is 2.12. The molecule has 2 rings (SSSR count). The first-order valence-corrected chi connectivity index (χ1v) is 8.76. The second-order valence-electron chi connectivity index (χ2n) is 6.26. The zero-order chi connectivity index (χ0) is 14.5. The molecule has 2 fully saturated rings. The molecular weight excluding hydrogens is 320 g/mol. The van der Waals surface area contributed by atoms with Gasteiger partial charge in [-0.3, -0.25) is 9.69 Å². The van der Waals surface area contributed by atoms with Crippen molar-refractivity contribution in [2.45, 2.75) is 44.0 Å². The highest BCUT2D eigenvalue weighted by molar-refractivity contribution is 9.10. The maximum Gasteiger partial charge on any atom is 0.236 e. The summed E-state index contributed by atoms with van der Waals surface area (Å²) in [4.78, 5) is 16.8. The van der Waals surface area contributed by atoms with E-state index < -0.39 is 0 Å². The highest BCUT2D eigenvalue weighted by Gasteiger charge is 2.27. The Balaban J connectivity index is 1.80. The SMILES string of the molecule is CC(C)C(Br)C(=O)N1CCCN(CC2CCCO2)CC1. The lowest BCUT2D eigenvalue weighted by Gasteiger charge is -2.26. The highest BCUT2D eigenvalue weighted by atomic mass is 79.9. The molecule has 2 aliphatic heterocycles. The molecule has 0 spiro atoms. The van der Waals surface area contributed by atoms with E-state index in [-0.39, 0.29) is 10.7 Å². The monoisotopic (exact) mass is 346 g/mol. The predicted molar refractivity (Wildman–Crippen MR) is 84.2 cm³/mol. The molecule has 0 saturated carbocycles. The number of hydrogen-bond donors (Lipinski definition) is 0. The molecule has 0 radical (unpaired) electrons. The normalized spacial score (nSPS) is 26.8. The van der Waals surface area contributed by atoms with Gasteiger partial charge in [-0.05, 0) is 31.7 Å². The van der Waals surface area contributed by atoms with E-state index in [1.165, 1.54) is 12.8 Å². The summed E-state index contributed by atoms with van der Waals surface area (Å²) in [5, 5.41) is 0. The molecule has 2 saturated heterocycles. The molecule has 0 aromatic carbocycles. The van der Waals surface area contributed by atoms with Gasteiger partial charge in [-0.2, -0.15) is 0 Å². The second-order valence-corrected chi connectivity index (χ2v) is 7.25. The van der Waals surface area contributed by atoms with Crippen molar-refractivity contribution >= 4 is 21.8 Å². The van der Waals surface area contributed by atoms with E-state index in [0.29, 0.717) is 12.0 Å². The van der Waals surface area contributed by atoms with Crippen LogP contribution in [0.2, 0.25) is 0 Å². The third-order valence-corrected chi connectivity index (χ3v) is 5.66. The van der Waals surface area contributed by atoms with E-state index >= 15 is 0 Å². The van der Waals surface area contributed by atoms with Crippen molar-refractivity contribution in [1.29, 1.82) is 0 Å². The molecule has 2 heterocycles. The smallest absolute Gasteiger partial charge is 0.236 e. The zero-order valence-electron chi connectivity index (χ0n) is 12.7. The fraction of sp³-hybridized carbons (Fsp3) is 0.933. The second kappa shape index (κ2) is 7.76. The number of alkyl halides is 1. The van der Waals surface area contributed by atoms with Crippen molar-refractivity contribution in [3.63, 3.8) is 0 Å². The minimum atomic E-state index is -0.0489. The molecule has 2 atom stereocenters. The molecule has 0 aromatic rings. The van der Waals surface area contributed by atoms with Crippen LogP contribution in [0.15, 0.2) is 0 Å². The van der Waals surface area contributed by atoms with Gasteiger partial charge in [0.15, 0.2) is 0 Å². The fourth-order valence-corrected chi connectivity index (χ4v) is 3.20. The van der Waals surface area contributed by atoms with Gasteiger partial charge in [0.2, 0.25) is 5.91 Å².